The minimum absolute atomic E-state index is 0.0363. The number of aromatic nitrogens is 3. The second-order valence-corrected chi connectivity index (χ2v) is 6.39. The van der Waals surface area contributed by atoms with Crippen molar-refractivity contribution in [2.75, 3.05) is 18.4 Å². The SMILES string of the molecule is O=C(NCc1n[nH]c(=O)[nH]1)Nc1cc(C(=O)N2CCCCC2)ccc1Cl. The lowest BCUT2D eigenvalue weighted by Crippen LogP contribution is -2.35. The van der Waals surface area contributed by atoms with Gasteiger partial charge in [-0.25, -0.2) is 14.7 Å². The molecule has 1 aliphatic heterocycles. The first kappa shape index (κ1) is 18.0. The first-order valence-corrected chi connectivity index (χ1v) is 8.68. The van der Waals surface area contributed by atoms with Crippen molar-refractivity contribution < 1.29 is 9.59 Å². The number of likely N-dealkylation sites (tertiary alicyclic amines) is 1. The Labute approximate surface area is 154 Å². The van der Waals surface area contributed by atoms with E-state index in [0.29, 0.717) is 22.1 Å². The predicted molar refractivity (Wildman–Crippen MR) is 96.3 cm³/mol. The normalized spacial score (nSPS) is 14.1. The number of anilines is 1. The van der Waals surface area contributed by atoms with Gasteiger partial charge < -0.3 is 15.5 Å². The zero-order valence-electron chi connectivity index (χ0n) is 14.0. The van der Waals surface area contributed by atoms with Crippen LogP contribution in [0.25, 0.3) is 0 Å². The van der Waals surface area contributed by atoms with E-state index in [1.165, 1.54) is 0 Å². The van der Waals surface area contributed by atoms with E-state index in [9.17, 15) is 14.4 Å². The molecule has 3 amide bonds. The summed E-state index contributed by atoms with van der Waals surface area (Å²) in [5.74, 6) is 0.226. The number of halogens is 1. The lowest BCUT2D eigenvalue weighted by atomic mass is 10.1. The third-order valence-electron chi connectivity index (χ3n) is 4.07. The van der Waals surface area contributed by atoms with Crippen LogP contribution in [0, 0.1) is 0 Å². The molecule has 1 aromatic heterocycles. The van der Waals surface area contributed by atoms with Crippen LogP contribution < -0.4 is 16.3 Å². The highest BCUT2D eigenvalue weighted by molar-refractivity contribution is 6.33. The van der Waals surface area contributed by atoms with Gasteiger partial charge >= 0.3 is 11.7 Å². The zero-order valence-corrected chi connectivity index (χ0v) is 14.7. The van der Waals surface area contributed by atoms with Gasteiger partial charge in [0, 0.05) is 18.7 Å². The Kier molecular flexibility index (Phi) is 5.57. The minimum atomic E-state index is -0.529. The van der Waals surface area contributed by atoms with Gasteiger partial charge in [-0.1, -0.05) is 11.6 Å². The quantitative estimate of drug-likeness (QED) is 0.646. The van der Waals surface area contributed by atoms with Crippen molar-refractivity contribution in [2.45, 2.75) is 25.8 Å². The summed E-state index contributed by atoms with van der Waals surface area (Å²) < 4.78 is 0. The molecule has 0 atom stereocenters. The van der Waals surface area contributed by atoms with Gasteiger partial charge in [0.25, 0.3) is 5.91 Å². The summed E-state index contributed by atoms with van der Waals surface area (Å²) in [5, 5.41) is 11.4. The van der Waals surface area contributed by atoms with Crippen molar-refractivity contribution >= 4 is 29.2 Å². The molecule has 1 fully saturated rings. The van der Waals surface area contributed by atoms with E-state index in [4.69, 9.17) is 11.6 Å². The fraction of sp³-hybridized carbons (Fsp3) is 0.375. The molecule has 0 saturated carbocycles. The number of hydrogen-bond acceptors (Lipinski definition) is 4. The average molecular weight is 379 g/mol. The molecule has 9 nitrogen and oxygen atoms in total. The fourth-order valence-electron chi connectivity index (χ4n) is 2.75. The molecule has 10 heteroatoms. The Morgan fingerprint density at radius 3 is 2.69 bits per heavy atom. The molecule has 2 heterocycles. The molecule has 0 bridgehead atoms. The first-order chi connectivity index (χ1) is 12.5. The van der Waals surface area contributed by atoms with Crippen LogP contribution >= 0.6 is 11.6 Å². The average Bonchev–Trinajstić information content (AvgIpc) is 3.07. The Bertz CT molecular complexity index is 856. The van der Waals surface area contributed by atoms with Gasteiger partial charge in [0.05, 0.1) is 17.3 Å². The number of nitrogens with one attached hydrogen (secondary N) is 4. The number of amides is 3. The van der Waals surface area contributed by atoms with Gasteiger partial charge in [-0.3, -0.25) is 9.78 Å². The van der Waals surface area contributed by atoms with Gasteiger partial charge in [-0.15, -0.1) is 0 Å². The maximum absolute atomic E-state index is 12.6. The number of piperidine rings is 1. The lowest BCUT2D eigenvalue weighted by molar-refractivity contribution is 0.0724. The maximum atomic E-state index is 12.6. The molecule has 138 valence electrons. The molecule has 1 aromatic carbocycles. The van der Waals surface area contributed by atoms with Gasteiger partial charge in [0.2, 0.25) is 0 Å². The summed E-state index contributed by atoms with van der Waals surface area (Å²) in [6.45, 7) is 1.52. The number of nitrogens with zero attached hydrogens (tertiary/aromatic N) is 2. The predicted octanol–water partition coefficient (Wildman–Crippen LogP) is 1.70. The van der Waals surface area contributed by atoms with Gasteiger partial charge in [0.15, 0.2) is 0 Å². The molecule has 0 spiro atoms. The molecule has 1 saturated heterocycles. The Balaban J connectivity index is 1.64. The van der Waals surface area contributed by atoms with Crippen molar-refractivity contribution in [3.05, 3.63) is 45.1 Å². The molecule has 0 unspecified atom stereocenters. The Morgan fingerprint density at radius 2 is 2.00 bits per heavy atom. The summed E-state index contributed by atoms with van der Waals surface area (Å²) in [6, 6.07) is 4.27. The van der Waals surface area contributed by atoms with Crippen LogP contribution in [0.3, 0.4) is 0 Å². The summed E-state index contributed by atoms with van der Waals surface area (Å²) in [6.07, 6.45) is 3.14. The molecule has 0 radical (unpaired) electrons. The summed E-state index contributed by atoms with van der Waals surface area (Å²) in [4.78, 5) is 39.8. The van der Waals surface area contributed by atoms with E-state index < -0.39 is 11.7 Å². The van der Waals surface area contributed by atoms with Crippen LogP contribution in [0.2, 0.25) is 5.02 Å². The standard InChI is InChI=1S/C16H19ClN6O3/c17-11-5-4-10(14(24)23-6-2-1-3-7-23)8-12(11)19-15(25)18-9-13-20-16(26)22-21-13/h4-5,8H,1-3,6-7,9H2,(H2,18,19,25)(H2,20,21,22,26). The van der Waals surface area contributed by atoms with E-state index >= 15 is 0 Å². The molecule has 3 rings (SSSR count). The second-order valence-electron chi connectivity index (χ2n) is 5.98. The number of benzene rings is 1. The van der Waals surface area contributed by atoms with Crippen molar-refractivity contribution in [3.8, 4) is 0 Å². The first-order valence-electron chi connectivity index (χ1n) is 8.30. The number of hydrogen-bond donors (Lipinski definition) is 4. The number of carbonyl (C=O) groups is 2. The topological polar surface area (TPSA) is 123 Å². The number of aromatic amines is 2. The number of rotatable bonds is 4. The van der Waals surface area contributed by atoms with Crippen molar-refractivity contribution in [2.24, 2.45) is 0 Å². The zero-order chi connectivity index (χ0) is 18.5. The smallest absolute Gasteiger partial charge is 0.339 e. The Morgan fingerprint density at radius 1 is 1.23 bits per heavy atom. The largest absolute Gasteiger partial charge is 0.340 e. The van der Waals surface area contributed by atoms with E-state index in [-0.39, 0.29) is 12.5 Å². The lowest BCUT2D eigenvalue weighted by Gasteiger charge is -2.27. The minimum Gasteiger partial charge on any atom is -0.339 e. The number of carbonyl (C=O) groups excluding carboxylic acids is 2. The van der Waals surface area contributed by atoms with Gasteiger partial charge in [-0.2, -0.15) is 5.10 Å². The highest BCUT2D eigenvalue weighted by atomic mass is 35.5. The molecule has 2 aromatic rings. The monoisotopic (exact) mass is 378 g/mol. The molecule has 4 N–H and O–H groups in total. The van der Waals surface area contributed by atoms with Crippen LogP contribution in [0.1, 0.15) is 35.4 Å². The number of urea groups is 1. The van der Waals surface area contributed by atoms with E-state index in [2.05, 4.69) is 25.8 Å². The van der Waals surface area contributed by atoms with Gasteiger partial charge in [0.1, 0.15) is 5.82 Å². The van der Waals surface area contributed by atoms with Crippen molar-refractivity contribution in [1.29, 1.82) is 0 Å². The van der Waals surface area contributed by atoms with Crippen molar-refractivity contribution in [1.82, 2.24) is 25.4 Å². The maximum Gasteiger partial charge on any atom is 0.340 e. The molecular weight excluding hydrogens is 360 g/mol. The molecule has 26 heavy (non-hydrogen) atoms. The van der Waals surface area contributed by atoms with Crippen molar-refractivity contribution in [3.63, 3.8) is 0 Å². The third kappa shape index (κ3) is 4.42. The van der Waals surface area contributed by atoms with Crippen LogP contribution in [0.15, 0.2) is 23.0 Å². The summed E-state index contributed by atoms with van der Waals surface area (Å²) in [7, 11) is 0. The van der Waals surface area contributed by atoms with E-state index in [1.54, 1.807) is 18.2 Å². The van der Waals surface area contributed by atoms with Crippen LogP contribution in [0.4, 0.5) is 10.5 Å². The van der Waals surface area contributed by atoms with Crippen LogP contribution in [-0.4, -0.2) is 45.1 Å². The Hall–Kier alpha value is -2.81. The highest BCUT2D eigenvalue weighted by Crippen LogP contribution is 2.24. The molecule has 0 aliphatic carbocycles. The highest BCUT2D eigenvalue weighted by Gasteiger charge is 2.19. The summed E-state index contributed by atoms with van der Waals surface area (Å²) >= 11 is 6.12. The third-order valence-corrected chi connectivity index (χ3v) is 4.40. The van der Waals surface area contributed by atoms with E-state index in [1.807, 2.05) is 4.90 Å². The molecule has 1 aliphatic rings. The van der Waals surface area contributed by atoms with Crippen LogP contribution in [0.5, 0.6) is 0 Å². The van der Waals surface area contributed by atoms with Gasteiger partial charge in [-0.05, 0) is 37.5 Å². The summed E-state index contributed by atoms with van der Waals surface area (Å²) in [5.41, 5.74) is 0.361. The number of H-pyrrole nitrogens is 2. The second kappa shape index (κ2) is 8.05. The fourth-order valence-corrected chi connectivity index (χ4v) is 2.92. The van der Waals surface area contributed by atoms with E-state index in [0.717, 1.165) is 32.4 Å². The molecular formula is C16H19ClN6O3. The van der Waals surface area contributed by atoms with Crippen LogP contribution in [-0.2, 0) is 6.54 Å².